The molecule has 2 aromatic carbocycles. The average Bonchev–Trinajstić information content (AvgIpc) is 3.04. The van der Waals surface area contributed by atoms with E-state index in [1.165, 1.54) is 17.2 Å². The number of thiocarbonyl (C=S) groups is 1. The summed E-state index contributed by atoms with van der Waals surface area (Å²) in [5.74, 6) is -0.346. The third kappa shape index (κ3) is 3.71. The van der Waals surface area contributed by atoms with E-state index in [0.29, 0.717) is 16.9 Å². The average molecular weight is 453 g/mol. The van der Waals surface area contributed by atoms with Crippen molar-refractivity contribution in [1.29, 1.82) is 0 Å². The maximum Gasteiger partial charge on any atom is 0.273 e. The van der Waals surface area contributed by atoms with Crippen molar-refractivity contribution >= 4 is 29.3 Å². The van der Waals surface area contributed by atoms with Crippen LogP contribution in [0.5, 0.6) is 5.75 Å². The molecule has 2 aliphatic rings. The van der Waals surface area contributed by atoms with Gasteiger partial charge in [-0.2, -0.15) is 0 Å². The Bertz CT molecular complexity index is 1180. The summed E-state index contributed by atoms with van der Waals surface area (Å²) in [4.78, 5) is 12.0. The number of rotatable bonds is 3. The molecule has 0 atom stereocenters. The quantitative estimate of drug-likeness (QED) is 0.477. The molecule has 1 heterocycles. The maximum absolute atomic E-state index is 15.9. The zero-order valence-electron chi connectivity index (χ0n) is 19.4. The highest BCUT2D eigenvalue weighted by molar-refractivity contribution is 7.80. The van der Waals surface area contributed by atoms with E-state index < -0.39 is 5.82 Å². The lowest BCUT2D eigenvalue weighted by molar-refractivity contribution is -0.115. The van der Waals surface area contributed by atoms with Crippen molar-refractivity contribution in [3.05, 3.63) is 58.0 Å². The Morgan fingerprint density at radius 1 is 1.06 bits per heavy atom. The number of methoxy groups -OCH3 is 1. The Hall–Kier alpha value is -2.73. The smallest absolute Gasteiger partial charge is 0.273 e. The van der Waals surface area contributed by atoms with Crippen molar-refractivity contribution < 1.29 is 13.9 Å². The first-order valence-corrected chi connectivity index (χ1v) is 11.2. The molecule has 1 aliphatic carbocycles. The van der Waals surface area contributed by atoms with E-state index in [2.05, 4.69) is 50.5 Å². The van der Waals surface area contributed by atoms with Crippen molar-refractivity contribution in [1.82, 2.24) is 10.6 Å². The number of amides is 1. The second kappa shape index (κ2) is 7.69. The summed E-state index contributed by atoms with van der Waals surface area (Å²) in [7, 11) is 1.54. The summed E-state index contributed by atoms with van der Waals surface area (Å²) in [5.41, 5.74) is 5.37. The van der Waals surface area contributed by atoms with Crippen molar-refractivity contribution in [2.24, 2.45) is 0 Å². The van der Waals surface area contributed by atoms with Crippen molar-refractivity contribution in [3.8, 4) is 16.9 Å². The standard InChI is InChI=1S/C26H29FN2O2S/c1-14-11-17-18(26(4,5)10-9-25(17,2)3)13-16(14)21-20(31-6)8-7-15(22(21)27)12-19-23(30)29-24(32)28-19/h7-8,11-13H,9-10H2,1-6H3,(H2,28,29,30,32)/b19-12-. The van der Waals surface area contributed by atoms with Crippen LogP contribution in [0.4, 0.5) is 4.39 Å². The van der Waals surface area contributed by atoms with Crippen LogP contribution >= 0.6 is 12.2 Å². The molecular formula is C26H29FN2O2S. The fraction of sp³-hybridized carbons (Fsp3) is 0.385. The molecule has 2 aromatic rings. The van der Waals surface area contributed by atoms with E-state index in [1.54, 1.807) is 19.2 Å². The minimum absolute atomic E-state index is 0.00183. The van der Waals surface area contributed by atoms with Gasteiger partial charge in [-0.15, -0.1) is 0 Å². The zero-order chi connectivity index (χ0) is 23.4. The molecule has 1 fully saturated rings. The third-order valence-corrected chi connectivity index (χ3v) is 7.04. The van der Waals surface area contributed by atoms with E-state index >= 15 is 4.39 Å². The number of hydrogen-bond donors (Lipinski definition) is 2. The second-order valence-corrected chi connectivity index (χ2v) is 10.4. The number of carbonyl (C=O) groups excluding carboxylic acids is 1. The van der Waals surface area contributed by atoms with Crippen LogP contribution in [0.3, 0.4) is 0 Å². The Kier molecular flexibility index (Phi) is 5.40. The normalized spacial score (nSPS) is 20.0. The van der Waals surface area contributed by atoms with Gasteiger partial charge in [0.25, 0.3) is 5.91 Å². The SMILES string of the molecule is COc1ccc(/C=C2\NC(=S)NC2=O)c(F)c1-c1cc2c(cc1C)C(C)(C)CCC2(C)C. The molecule has 1 amide bonds. The van der Waals surface area contributed by atoms with Crippen LogP contribution in [0, 0.1) is 12.7 Å². The van der Waals surface area contributed by atoms with Gasteiger partial charge < -0.3 is 10.1 Å². The number of halogens is 1. The minimum Gasteiger partial charge on any atom is -0.496 e. The molecule has 0 bridgehead atoms. The van der Waals surface area contributed by atoms with E-state index in [0.717, 1.165) is 24.0 Å². The van der Waals surface area contributed by atoms with Crippen molar-refractivity contribution in [2.45, 2.75) is 58.3 Å². The molecule has 0 radical (unpaired) electrons. The number of ether oxygens (including phenoxy) is 1. The van der Waals surface area contributed by atoms with Gasteiger partial charge in [0.05, 0.1) is 12.7 Å². The van der Waals surface area contributed by atoms with Gasteiger partial charge in [-0.3, -0.25) is 10.1 Å². The highest BCUT2D eigenvalue weighted by Crippen LogP contribution is 2.48. The third-order valence-electron chi connectivity index (χ3n) is 6.84. The van der Waals surface area contributed by atoms with Gasteiger partial charge in [0, 0.05) is 5.56 Å². The molecule has 0 saturated carbocycles. The van der Waals surface area contributed by atoms with Crippen LogP contribution < -0.4 is 15.4 Å². The summed E-state index contributed by atoms with van der Waals surface area (Å²) in [6.45, 7) is 11.1. The first kappa shape index (κ1) is 22.5. The molecule has 4 nitrogen and oxygen atoms in total. The predicted octanol–water partition coefficient (Wildman–Crippen LogP) is 5.50. The highest BCUT2D eigenvalue weighted by atomic mass is 32.1. The van der Waals surface area contributed by atoms with Crippen LogP contribution in [0.1, 0.15) is 62.8 Å². The number of carbonyl (C=O) groups is 1. The first-order chi connectivity index (χ1) is 14.9. The molecule has 0 spiro atoms. The number of benzene rings is 2. The Labute approximate surface area is 194 Å². The molecule has 4 rings (SSSR count). The summed E-state index contributed by atoms with van der Waals surface area (Å²) in [5, 5.41) is 5.49. The molecule has 32 heavy (non-hydrogen) atoms. The Balaban J connectivity index is 1.93. The van der Waals surface area contributed by atoms with E-state index in [-0.39, 0.29) is 27.5 Å². The number of hydrogen-bond acceptors (Lipinski definition) is 3. The van der Waals surface area contributed by atoms with Gasteiger partial charge in [-0.1, -0.05) is 33.8 Å². The fourth-order valence-corrected chi connectivity index (χ4v) is 4.94. The van der Waals surface area contributed by atoms with Gasteiger partial charge in [-0.05, 0) is 89.3 Å². The number of fused-ring (bicyclic) bond motifs is 1. The largest absolute Gasteiger partial charge is 0.496 e. The second-order valence-electron chi connectivity index (χ2n) is 9.99. The topological polar surface area (TPSA) is 50.4 Å². The minimum atomic E-state index is -0.430. The summed E-state index contributed by atoms with van der Waals surface area (Å²) >= 11 is 4.98. The lowest BCUT2D eigenvalue weighted by Gasteiger charge is -2.42. The number of nitrogens with one attached hydrogen (secondary N) is 2. The van der Waals surface area contributed by atoms with E-state index in [4.69, 9.17) is 17.0 Å². The van der Waals surface area contributed by atoms with Gasteiger partial charge in [-0.25, -0.2) is 4.39 Å². The number of aryl methyl sites for hydroxylation is 1. The molecular weight excluding hydrogens is 423 g/mol. The van der Waals surface area contributed by atoms with Crippen LogP contribution in [-0.4, -0.2) is 18.1 Å². The van der Waals surface area contributed by atoms with Crippen LogP contribution in [-0.2, 0) is 15.6 Å². The monoisotopic (exact) mass is 452 g/mol. The lowest BCUT2D eigenvalue weighted by Crippen LogP contribution is -2.34. The Morgan fingerprint density at radius 2 is 1.69 bits per heavy atom. The highest BCUT2D eigenvalue weighted by Gasteiger charge is 2.38. The predicted molar refractivity (Wildman–Crippen MR) is 130 cm³/mol. The van der Waals surface area contributed by atoms with Gasteiger partial charge in [0.15, 0.2) is 5.11 Å². The molecule has 1 aliphatic heterocycles. The van der Waals surface area contributed by atoms with Crippen LogP contribution in [0.25, 0.3) is 17.2 Å². The van der Waals surface area contributed by atoms with Gasteiger partial charge >= 0.3 is 0 Å². The Morgan fingerprint density at radius 3 is 2.25 bits per heavy atom. The lowest BCUT2D eigenvalue weighted by atomic mass is 9.62. The molecule has 168 valence electrons. The molecule has 6 heteroatoms. The van der Waals surface area contributed by atoms with Gasteiger partial charge in [0.1, 0.15) is 17.3 Å². The molecule has 2 N–H and O–H groups in total. The molecule has 0 unspecified atom stereocenters. The molecule has 0 aromatic heterocycles. The summed E-state index contributed by atoms with van der Waals surface area (Å²) in [6.07, 6.45) is 3.67. The fourth-order valence-electron chi connectivity index (χ4n) is 4.74. The van der Waals surface area contributed by atoms with E-state index in [9.17, 15) is 4.79 Å². The van der Waals surface area contributed by atoms with Crippen LogP contribution in [0.15, 0.2) is 30.0 Å². The van der Waals surface area contributed by atoms with Crippen LogP contribution in [0.2, 0.25) is 0 Å². The van der Waals surface area contributed by atoms with Gasteiger partial charge in [0.2, 0.25) is 0 Å². The first-order valence-electron chi connectivity index (χ1n) is 10.8. The summed E-state index contributed by atoms with van der Waals surface area (Å²) in [6, 6.07) is 7.70. The summed E-state index contributed by atoms with van der Waals surface area (Å²) < 4.78 is 21.5. The van der Waals surface area contributed by atoms with Crippen molar-refractivity contribution in [3.63, 3.8) is 0 Å². The maximum atomic E-state index is 15.9. The van der Waals surface area contributed by atoms with E-state index in [1.807, 2.05) is 6.92 Å². The van der Waals surface area contributed by atoms with Crippen molar-refractivity contribution in [2.75, 3.05) is 7.11 Å². The zero-order valence-corrected chi connectivity index (χ0v) is 20.2. The molecule has 1 saturated heterocycles.